The lowest BCUT2D eigenvalue weighted by Gasteiger charge is -2.23. The van der Waals surface area contributed by atoms with Crippen LogP contribution in [0.4, 0.5) is 5.69 Å². The molecule has 1 atom stereocenters. The van der Waals surface area contributed by atoms with Crippen molar-refractivity contribution in [3.8, 4) is 0 Å². The highest BCUT2D eigenvalue weighted by Gasteiger charge is 2.31. The second kappa shape index (κ2) is 10.9. The molecule has 1 saturated heterocycles. The van der Waals surface area contributed by atoms with Crippen LogP contribution in [-0.4, -0.2) is 55.1 Å². The number of carbonyl (C=O) groups is 2. The van der Waals surface area contributed by atoms with E-state index in [1.807, 2.05) is 18.7 Å². The lowest BCUT2D eigenvalue weighted by molar-refractivity contribution is -0.124. The second-order valence-electron chi connectivity index (χ2n) is 6.90. The van der Waals surface area contributed by atoms with E-state index >= 15 is 0 Å². The van der Waals surface area contributed by atoms with Crippen LogP contribution in [0.5, 0.6) is 0 Å². The molecule has 0 aromatic heterocycles. The number of hydrogen-bond donors (Lipinski definition) is 2. The number of ether oxygens (including phenoxy) is 1. The summed E-state index contributed by atoms with van der Waals surface area (Å²) in [4.78, 5) is 26.7. The minimum atomic E-state index is -0.335. The SMILES string of the molecule is CC(C)OCCCNC(=O)CN1CCCC1C(=O)Nc1cc(Cl)cc(Cl)c1. The fourth-order valence-electron chi connectivity index (χ4n) is 3.02. The van der Waals surface area contributed by atoms with E-state index in [9.17, 15) is 9.59 Å². The number of carbonyl (C=O) groups excluding carboxylic acids is 2. The fraction of sp³-hybridized carbons (Fsp3) is 0.579. The standard InChI is InChI=1S/C19H27Cl2N3O3/c1-13(2)27-8-4-6-22-18(25)12-24-7-3-5-17(24)19(26)23-16-10-14(20)9-15(21)11-16/h9-11,13,17H,3-8,12H2,1-2H3,(H,22,25)(H,23,26). The van der Waals surface area contributed by atoms with Gasteiger partial charge in [0.15, 0.2) is 0 Å². The molecule has 1 aliphatic heterocycles. The number of amides is 2. The molecule has 0 bridgehead atoms. The van der Waals surface area contributed by atoms with E-state index in [0.29, 0.717) is 28.9 Å². The molecule has 1 unspecified atom stereocenters. The smallest absolute Gasteiger partial charge is 0.241 e. The van der Waals surface area contributed by atoms with Crippen LogP contribution in [0.15, 0.2) is 18.2 Å². The van der Waals surface area contributed by atoms with Crippen molar-refractivity contribution in [2.75, 3.05) is 31.6 Å². The molecule has 0 aliphatic carbocycles. The summed E-state index contributed by atoms with van der Waals surface area (Å²) in [6.45, 7) is 6.08. The predicted octanol–water partition coefficient (Wildman–Crippen LogP) is 3.33. The second-order valence-corrected chi connectivity index (χ2v) is 7.77. The first kappa shape index (κ1) is 22.0. The number of nitrogens with zero attached hydrogens (tertiary/aromatic N) is 1. The zero-order valence-corrected chi connectivity index (χ0v) is 17.3. The molecule has 27 heavy (non-hydrogen) atoms. The number of hydrogen-bond acceptors (Lipinski definition) is 4. The maximum atomic E-state index is 12.6. The van der Waals surface area contributed by atoms with Crippen molar-refractivity contribution >= 4 is 40.7 Å². The molecular formula is C19H27Cl2N3O3. The molecule has 1 heterocycles. The van der Waals surface area contributed by atoms with Crippen LogP contribution in [0.1, 0.15) is 33.1 Å². The van der Waals surface area contributed by atoms with Gasteiger partial charge in [0.25, 0.3) is 0 Å². The van der Waals surface area contributed by atoms with Crippen LogP contribution in [0, 0.1) is 0 Å². The van der Waals surface area contributed by atoms with Gasteiger partial charge in [0.1, 0.15) is 0 Å². The van der Waals surface area contributed by atoms with E-state index in [4.69, 9.17) is 27.9 Å². The summed E-state index contributed by atoms with van der Waals surface area (Å²) >= 11 is 11.9. The number of halogens is 2. The summed E-state index contributed by atoms with van der Waals surface area (Å²) in [5.74, 6) is -0.228. The summed E-state index contributed by atoms with van der Waals surface area (Å²) in [5, 5.41) is 6.64. The summed E-state index contributed by atoms with van der Waals surface area (Å²) in [7, 11) is 0. The third-order valence-electron chi connectivity index (χ3n) is 4.24. The lowest BCUT2D eigenvalue weighted by Crippen LogP contribution is -2.45. The highest BCUT2D eigenvalue weighted by molar-refractivity contribution is 6.35. The third-order valence-corrected chi connectivity index (χ3v) is 4.67. The van der Waals surface area contributed by atoms with Gasteiger partial charge >= 0.3 is 0 Å². The van der Waals surface area contributed by atoms with Crippen LogP contribution in [0.3, 0.4) is 0 Å². The minimum absolute atomic E-state index is 0.0787. The van der Waals surface area contributed by atoms with Gasteiger partial charge in [0.05, 0.1) is 18.7 Å². The highest BCUT2D eigenvalue weighted by atomic mass is 35.5. The monoisotopic (exact) mass is 415 g/mol. The maximum Gasteiger partial charge on any atom is 0.241 e. The Hall–Kier alpha value is -1.34. The molecule has 6 nitrogen and oxygen atoms in total. The first-order chi connectivity index (χ1) is 12.8. The summed E-state index contributed by atoms with van der Waals surface area (Å²) in [5.41, 5.74) is 0.555. The summed E-state index contributed by atoms with van der Waals surface area (Å²) in [6.07, 6.45) is 2.56. The van der Waals surface area contributed by atoms with Crippen molar-refractivity contribution in [1.29, 1.82) is 0 Å². The van der Waals surface area contributed by atoms with Gasteiger partial charge < -0.3 is 15.4 Å². The van der Waals surface area contributed by atoms with Crippen LogP contribution in [0.25, 0.3) is 0 Å². The Balaban J connectivity index is 1.79. The molecule has 1 aliphatic rings. The molecule has 2 amide bonds. The van der Waals surface area contributed by atoms with E-state index in [1.54, 1.807) is 18.2 Å². The zero-order valence-electron chi connectivity index (χ0n) is 15.8. The van der Waals surface area contributed by atoms with Crippen molar-refractivity contribution in [2.24, 2.45) is 0 Å². The molecule has 0 saturated carbocycles. The molecule has 8 heteroatoms. The van der Waals surface area contributed by atoms with Gasteiger partial charge in [-0.15, -0.1) is 0 Å². The Bertz CT molecular complexity index is 635. The van der Waals surface area contributed by atoms with Crippen LogP contribution >= 0.6 is 23.2 Å². The van der Waals surface area contributed by atoms with Crippen molar-refractivity contribution in [2.45, 2.75) is 45.3 Å². The molecule has 1 aromatic carbocycles. The minimum Gasteiger partial charge on any atom is -0.379 e. The Kier molecular flexibility index (Phi) is 8.83. The number of likely N-dealkylation sites (tertiary alicyclic amines) is 1. The van der Waals surface area contributed by atoms with Gasteiger partial charge in [-0.1, -0.05) is 23.2 Å². The number of anilines is 1. The van der Waals surface area contributed by atoms with E-state index < -0.39 is 0 Å². The molecule has 0 radical (unpaired) electrons. The Morgan fingerprint density at radius 1 is 1.26 bits per heavy atom. The summed E-state index contributed by atoms with van der Waals surface area (Å²) in [6, 6.07) is 4.57. The van der Waals surface area contributed by atoms with Crippen molar-refractivity contribution in [3.05, 3.63) is 28.2 Å². The van der Waals surface area contributed by atoms with Crippen LogP contribution < -0.4 is 10.6 Å². The Morgan fingerprint density at radius 2 is 1.96 bits per heavy atom. The molecule has 150 valence electrons. The molecular weight excluding hydrogens is 389 g/mol. The quantitative estimate of drug-likeness (QED) is 0.606. The topological polar surface area (TPSA) is 70.7 Å². The zero-order chi connectivity index (χ0) is 19.8. The van der Waals surface area contributed by atoms with Crippen molar-refractivity contribution < 1.29 is 14.3 Å². The summed E-state index contributed by atoms with van der Waals surface area (Å²) < 4.78 is 5.45. The van der Waals surface area contributed by atoms with Crippen LogP contribution in [0.2, 0.25) is 10.0 Å². The van der Waals surface area contributed by atoms with Crippen molar-refractivity contribution in [1.82, 2.24) is 10.2 Å². The number of benzene rings is 1. The largest absolute Gasteiger partial charge is 0.379 e. The lowest BCUT2D eigenvalue weighted by atomic mass is 10.2. The third kappa shape index (κ3) is 7.66. The van der Waals surface area contributed by atoms with Gasteiger partial charge in [-0.05, 0) is 57.9 Å². The maximum absolute atomic E-state index is 12.6. The number of rotatable bonds is 9. The van der Waals surface area contributed by atoms with E-state index in [2.05, 4.69) is 10.6 Å². The first-order valence-corrected chi connectivity index (χ1v) is 10.00. The average Bonchev–Trinajstić information content (AvgIpc) is 3.01. The fourth-order valence-corrected chi connectivity index (χ4v) is 3.55. The molecule has 1 aromatic rings. The van der Waals surface area contributed by atoms with Gasteiger partial charge in [0, 0.05) is 28.9 Å². The molecule has 2 N–H and O–H groups in total. The molecule has 1 fully saturated rings. The molecule has 0 spiro atoms. The van der Waals surface area contributed by atoms with E-state index in [0.717, 1.165) is 25.8 Å². The van der Waals surface area contributed by atoms with Crippen LogP contribution in [-0.2, 0) is 14.3 Å². The number of nitrogens with one attached hydrogen (secondary N) is 2. The Labute approximate surface area is 170 Å². The van der Waals surface area contributed by atoms with Gasteiger partial charge in [-0.3, -0.25) is 14.5 Å². The normalized spacial score (nSPS) is 17.3. The van der Waals surface area contributed by atoms with Gasteiger partial charge in [-0.2, -0.15) is 0 Å². The van der Waals surface area contributed by atoms with Gasteiger partial charge in [-0.25, -0.2) is 0 Å². The van der Waals surface area contributed by atoms with Crippen molar-refractivity contribution in [3.63, 3.8) is 0 Å². The van der Waals surface area contributed by atoms with E-state index in [1.165, 1.54) is 0 Å². The molecule has 2 rings (SSSR count). The highest BCUT2D eigenvalue weighted by Crippen LogP contribution is 2.24. The van der Waals surface area contributed by atoms with E-state index in [-0.39, 0.29) is 30.5 Å². The van der Waals surface area contributed by atoms with Gasteiger partial charge in [0.2, 0.25) is 11.8 Å². The Morgan fingerprint density at radius 3 is 2.63 bits per heavy atom. The predicted molar refractivity (Wildman–Crippen MR) is 108 cm³/mol. The average molecular weight is 416 g/mol. The first-order valence-electron chi connectivity index (χ1n) is 9.24.